The maximum atomic E-state index is 12.4. The van der Waals surface area contributed by atoms with Gasteiger partial charge in [-0.05, 0) is 43.7 Å². The summed E-state index contributed by atoms with van der Waals surface area (Å²) in [5, 5.41) is 8.64. The molecule has 0 amide bonds. The smallest absolute Gasteiger partial charge is 0.303 e. The van der Waals surface area contributed by atoms with E-state index in [-0.39, 0.29) is 24.0 Å². The van der Waals surface area contributed by atoms with Gasteiger partial charge in [0, 0.05) is 24.3 Å². The fourth-order valence-corrected chi connectivity index (χ4v) is 3.68. The average molecular weight is 356 g/mol. The minimum atomic E-state index is -0.750. The molecule has 1 aliphatic rings. The predicted molar refractivity (Wildman–Crippen MR) is 101 cm³/mol. The molecule has 1 N–H and O–H groups in total. The number of hydrogen-bond donors (Lipinski definition) is 1. The van der Waals surface area contributed by atoms with Gasteiger partial charge in [-0.1, -0.05) is 49.6 Å². The highest BCUT2D eigenvalue weighted by molar-refractivity contribution is 6.05. The van der Waals surface area contributed by atoms with Crippen LogP contribution >= 0.6 is 0 Å². The number of Topliss-reactive ketones (excluding diaryl/α,β-unsaturated/α-hetero) is 1. The highest BCUT2D eigenvalue weighted by Gasteiger charge is 2.32. The minimum Gasteiger partial charge on any atom is -0.481 e. The Bertz CT molecular complexity index is 674. The normalized spacial score (nSPS) is 20.0. The van der Waals surface area contributed by atoms with Gasteiger partial charge in [-0.25, -0.2) is 0 Å². The maximum absolute atomic E-state index is 12.4. The molecule has 0 aromatic heterocycles. The molecule has 0 aliphatic heterocycles. The summed E-state index contributed by atoms with van der Waals surface area (Å²) in [6.07, 6.45) is 9.50. The van der Waals surface area contributed by atoms with Crippen molar-refractivity contribution in [1.29, 1.82) is 0 Å². The zero-order valence-corrected chi connectivity index (χ0v) is 15.4. The minimum absolute atomic E-state index is 0.00475. The number of unbranched alkanes of at least 4 members (excludes halogenated alkanes) is 3. The van der Waals surface area contributed by atoms with Crippen LogP contribution in [0.25, 0.3) is 0 Å². The number of carboxylic acids is 1. The molecule has 0 bridgehead atoms. The van der Waals surface area contributed by atoms with Crippen molar-refractivity contribution in [2.24, 2.45) is 11.8 Å². The molecule has 1 saturated carbocycles. The quantitative estimate of drug-likeness (QED) is 0.373. The molecule has 4 heteroatoms. The largest absolute Gasteiger partial charge is 0.481 e. The predicted octanol–water partition coefficient (Wildman–Crippen LogP) is 4.75. The van der Waals surface area contributed by atoms with Crippen molar-refractivity contribution < 1.29 is 19.5 Å². The summed E-state index contributed by atoms with van der Waals surface area (Å²) in [7, 11) is 0. The van der Waals surface area contributed by atoms with Crippen molar-refractivity contribution in [3.63, 3.8) is 0 Å². The number of hydrogen-bond acceptors (Lipinski definition) is 3. The summed E-state index contributed by atoms with van der Waals surface area (Å²) in [5.74, 6) is -0.298. The zero-order valence-electron chi connectivity index (χ0n) is 15.4. The second-order valence-electron chi connectivity index (χ2n) is 7.16. The van der Waals surface area contributed by atoms with E-state index >= 15 is 0 Å². The fourth-order valence-electron chi connectivity index (χ4n) is 3.68. The van der Waals surface area contributed by atoms with Crippen LogP contribution < -0.4 is 0 Å². The molecule has 2 rings (SSSR count). The number of rotatable bonds is 10. The monoisotopic (exact) mass is 356 g/mol. The number of ketones is 2. The summed E-state index contributed by atoms with van der Waals surface area (Å²) < 4.78 is 0. The van der Waals surface area contributed by atoms with Crippen LogP contribution in [0.4, 0.5) is 0 Å². The van der Waals surface area contributed by atoms with Gasteiger partial charge in [0.25, 0.3) is 0 Å². The van der Waals surface area contributed by atoms with Gasteiger partial charge in [0.15, 0.2) is 5.78 Å². The van der Waals surface area contributed by atoms with Gasteiger partial charge < -0.3 is 5.11 Å². The lowest BCUT2D eigenvalue weighted by Crippen LogP contribution is -2.13. The number of aliphatic carboxylic acids is 1. The number of benzene rings is 1. The molecule has 0 saturated heterocycles. The van der Waals surface area contributed by atoms with Crippen LogP contribution in [0.1, 0.15) is 67.3 Å². The summed E-state index contributed by atoms with van der Waals surface area (Å²) in [5.41, 5.74) is 1.67. The lowest BCUT2D eigenvalue weighted by atomic mass is 9.89. The van der Waals surface area contributed by atoms with Crippen LogP contribution in [0, 0.1) is 18.8 Å². The molecule has 140 valence electrons. The lowest BCUT2D eigenvalue weighted by molar-refractivity contribution is -0.137. The van der Waals surface area contributed by atoms with E-state index in [2.05, 4.69) is 0 Å². The standard InChI is InChI=1S/C22H28O4/c1-16-8-6-7-9-18(16)20(23)14-12-17-13-15-21(24)19(17)10-4-2-3-5-11-22(25)26/h6-9,12,14,17,19H,2-5,10-11,13,15H2,1H3,(H,25,26). The second kappa shape index (κ2) is 10.0. The highest BCUT2D eigenvalue weighted by atomic mass is 16.4. The van der Waals surface area contributed by atoms with Crippen LogP contribution in [-0.2, 0) is 9.59 Å². The van der Waals surface area contributed by atoms with Gasteiger partial charge in [-0.15, -0.1) is 0 Å². The van der Waals surface area contributed by atoms with Crippen molar-refractivity contribution in [3.05, 3.63) is 47.5 Å². The van der Waals surface area contributed by atoms with Crippen LogP contribution in [0.3, 0.4) is 0 Å². The molecule has 0 spiro atoms. The molecule has 1 aromatic rings. The van der Waals surface area contributed by atoms with Crippen molar-refractivity contribution in [2.45, 2.75) is 58.3 Å². The average Bonchev–Trinajstić information content (AvgIpc) is 2.96. The molecule has 1 aliphatic carbocycles. The Kier molecular flexibility index (Phi) is 7.76. The van der Waals surface area contributed by atoms with Gasteiger partial charge in [0.2, 0.25) is 0 Å². The molecule has 4 nitrogen and oxygen atoms in total. The number of carbonyl (C=O) groups is 3. The van der Waals surface area contributed by atoms with E-state index in [9.17, 15) is 14.4 Å². The first kappa shape index (κ1) is 20.1. The van der Waals surface area contributed by atoms with E-state index in [0.29, 0.717) is 24.2 Å². The van der Waals surface area contributed by atoms with Crippen molar-refractivity contribution in [2.75, 3.05) is 0 Å². The van der Waals surface area contributed by atoms with Gasteiger partial charge in [0.1, 0.15) is 5.78 Å². The van der Waals surface area contributed by atoms with E-state index in [1.807, 2.05) is 37.3 Å². The van der Waals surface area contributed by atoms with Crippen LogP contribution in [0.2, 0.25) is 0 Å². The number of carboxylic acid groups (broad SMARTS) is 1. The van der Waals surface area contributed by atoms with Crippen LogP contribution in [0.15, 0.2) is 36.4 Å². The number of carbonyl (C=O) groups excluding carboxylic acids is 2. The van der Waals surface area contributed by atoms with E-state index in [4.69, 9.17) is 5.11 Å². The molecule has 2 unspecified atom stereocenters. The maximum Gasteiger partial charge on any atom is 0.303 e. The molecule has 0 radical (unpaired) electrons. The van der Waals surface area contributed by atoms with Gasteiger partial charge >= 0.3 is 5.97 Å². The number of allylic oxidation sites excluding steroid dienone is 2. The Balaban J connectivity index is 1.84. The summed E-state index contributed by atoms with van der Waals surface area (Å²) >= 11 is 0. The van der Waals surface area contributed by atoms with E-state index in [1.54, 1.807) is 6.08 Å². The summed E-state index contributed by atoms with van der Waals surface area (Å²) in [4.78, 5) is 35.0. The summed E-state index contributed by atoms with van der Waals surface area (Å²) in [6, 6.07) is 7.53. The third kappa shape index (κ3) is 5.94. The molecule has 1 fully saturated rings. The van der Waals surface area contributed by atoms with E-state index in [0.717, 1.165) is 37.7 Å². The Hall–Kier alpha value is -2.23. The molecule has 1 aromatic carbocycles. The molecule has 2 atom stereocenters. The van der Waals surface area contributed by atoms with Gasteiger partial charge in [0.05, 0.1) is 0 Å². The topological polar surface area (TPSA) is 71.4 Å². The van der Waals surface area contributed by atoms with Crippen molar-refractivity contribution >= 4 is 17.5 Å². The zero-order chi connectivity index (χ0) is 18.9. The Morgan fingerprint density at radius 1 is 1.15 bits per heavy atom. The van der Waals surface area contributed by atoms with Gasteiger partial charge in [-0.3, -0.25) is 14.4 Å². The van der Waals surface area contributed by atoms with Gasteiger partial charge in [-0.2, -0.15) is 0 Å². The van der Waals surface area contributed by atoms with Crippen LogP contribution in [-0.4, -0.2) is 22.6 Å². The van der Waals surface area contributed by atoms with E-state index in [1.165, 1.54) is 0 Å². The first-order valence-electron chi connectivity index (χ1n) is 9.51. The fraction of sp³-hybridized carbons (Fsp3) is 0.500. The Morgan fingerprint density at radius 3 is 2.62 bits per heavy atom. The molecular formula is C22H28O4. The Labute approximate surface area is 155 Å². The second-order valence-corrected chi connectivity index (χ2v) is 7.16. The molecule has 26 heavy (non-hydrogen) atoms. The first-order valence-corrected chi connectivity index (χ1v) is 9.51. The lowest BCUT2D eigenvalue weighted by Gasteiger charge is -2.14. The van der Waals surface area contributed by atoms with Crippen molar-refractivity contribution in [3.8, 4) is 0 Å². The third-order valence-corrected chi connectivity index (χ3v) is 5.22. The third-order valence-electron chi connectivity index (χ3n) is 5.22. The molecular weight excluding hydrogens is 328 g/mol. The number of aryl methyl sites for hydroxylation is 1. The van der Waals surface area contributed by atoms with Crippen LogP contribution in [0.5, 0.6) is 0 Å². The SMILES string of the molecule is Cc1ccccc1C(=O)C=CC1CCC(=O)C1CCCCCCC(=O)O. The summed E-state index contributed by atoms with van der Waals surface area (Å²) in [6.45, 7) is 1.92. The molecule has 0 heterocycles. The first-order chi connectivity index (χ1) is 12.5. The highest BCUT2D eigenvalue weighted by Crippen LogP contribution is 2.34. The Morgan fingerprint density at radius 2 is 1.88 bits per heavy atom. The van der Waals surface area contributed by atoms with E-state index < -0.39 is 5.97 Å². The van der Waals surface area contributed by atoms with Crippen molar-refractivity contribution in [1.82, 2.24) is 0 Å².